The molecule has 5 aromatic rings. The largest absolute Gasteiger partial charge is 0.490 e. The number of para-hydroxylation sites is 2. The Labute approximate surface area is 173 Å². The lowest BCUT2D eigenvalue weighted by Gasteiger charge is -2.12. The number of aromatic amines is 1. The first-order valence-electron chi connectivity index (χ1n) is 9.77. The molecular formula is C24H20N4O2. The Morgan fingerprint density at radius 2 is 1.90 bits per heavy atom. The number of imidazole rings is 1. The fourth-order valence-corrected chi connectivity index (χ4v) is 3.57. The first kappa shape index (κ1) is 18.0. The third-order valence-electron chi connectivity index (χ3n) is 5.07. The van der Waals surface area contributed by atoms with Crippen LogP contribution in [-0.4, -0.2) is 27.0 Å². The highest BCUT2D eigenvalue weighted by Crippen LogP contribution is 2.28. The Morgan fingerprint density at radius 1 is 1.03 bits per heavy atom. The molecule has 5 rings (SSSR count). The maximum Gasteiger partial charge on any atom is 0.272 e. The van der Waals surface area contributed by atoms with E-state index in [9.17, 15) is 4.79 Å². The number of aromatic nitrogens is 3. The van der Waals surface area contributed by atoms with Crippen LogP contribution in [0.25, 0.3) is 21.7 Å². The molecule has 0 aliphatic rings. The summed E-state index contributed by atoms with van der Waals surface area (Å²) in [5, 5.41) is 6.26. The lowest BCUT2D eigenvalue weighted by molar-refractivity contribution is 0.102. The highest BCUT2D eigenvalue weighted by Gasteiger charge is 2.13. The van der Waals surface area contributed by atoms with Crippen LogP contribution >= 0.6 is 0 Å². The van der Waals surface area contributed by atoms with Gasteiger partial charge < -0.3 is 19.6 Å². The number of H-pyrrole nitrogens is 1. The van der Waals surface area contributed by atoms with Crippen molar-refractivity contribution in [3.8, 4) is 5.75 Å². The topological polar surface area (TPSA) is 71.9 Å². The Hall–Kier alpha value is -4.06. The molecule has 0 unspecified atom stereocenters. The second-order valence-corrected chi connectivity index (χ2v) is 7.03. The third-order valence-corrected chi connectivity index (χ3v) is 5.07. The molecule has 2 N–H and O–H groups in total. The van der Waals surface area contributed by atoms with E-state index in [-0.39, 0.29) is 5.91 Å². The summed E-state index contributed by atoms with van der Waals surface area (Å²) < 4.78 is 7.83. The van der Waals surface area contributed by atoms with E-state index in [0.717, 1.165) is 21.7 Å². The Balaban J connectivity index is 1.36. The number of rotatable bonds is 6. The molecule has 0 bridgehead atoms. The van der Waals surface area contributed by atoms with Crippen LogP contribution in [0.5, 0.6) is 5.75 Å². The normalized spacial score (nSPS) is 11.1. The predicted molar refractivity (Wildman–Crippen MR) is 118 cm³/mol. The molecule has 0 aliphatic heterocycles. The van der Waals surface area contributed by atoms with E-state index in [1.54, 1.807) is 12.5 Å². The van der Waals surface area contributed by atoms with Gasteiger partial charge in [-0.3, -0.25) is 4.79 Å². The van der Waals surface area contributed by atoms with Crippen molar-refractivity contribution in [2.24, 2.45) is 0 Å². The second kappa shape index (κ2) is 7.75. The number of carbonyl (C=O) groups excluding carboxylic acids is 1. The van der Waals surface area contributed by atoms with Gasteiger partial charge >= 0.3 is 0 Å². The Kier molecular flexibility index (Phi) is 4.65. The quantitative estimate of drug-likeness (QED) is 0.431. The van der Waals surface area contributed by atoms with Crippen molar-refractivity contribution < 1.29 is 9.53 Å². The Morgan fingerprint density at radius 3 is 2.80 bits per heavy atom. The molecule has 3 aromatic carbocycles. The zero-order valence-corrected chi connectivity index (χ0v) is 16.2. The van der Waals surface area contributed by atoms with Crippen LogP contribution in [0.1, 0.15) is 10.5 Å². The first-order chi connectivity index (χ1) is 14.8. The van der Waals surface area contributed by atoms with Crippen LogP contribution in [0, 0.1) is 0 Å². The minimum atomic E-state index is -0.207. The number of carbonyl (C=O) groups is 1. The van der Waals surface area contributed by atoms with Gasteiger partial charge in [-0.1, -0.05) is 42.5 Å². The summed E-state index contributed by atoms with van der Waals surface area (Å²) in [7, 11) is 0. The number of hydrogen-bond donors (Lipinski definition) is 2. The molecule has 0 saturated heterocycles. The molecular weight excluding hydrogens is 376 g/mol. The van der Waals surface area contributed by atoms with Crippen molar-refractivity contribution >= 4 is 33.3 Å². The molecule has 0 fully saturated rings. The second-order valence-electron chi connectivity index (χ2n) is 7.03. The van der Waals surface area contributed by atoms with Gasteiger partial charge in [-0.25, -0.2) is 4.98 Å². The van der Waals surface area contributed by atoms with Crippen LogP contribution in [0.15, 0.2) is 85.5 Å². The average molecular weight is 396 g/mol. The summed E-state index contributed by atoms with van der Waals surface area (Å²) in [6, 6.07) is 21.6. The predicted octanol–water partition coefficient (Wildman–Crippen LogP) is 4.85. The van der Waals surface area contributed by atoms with Gasteiger partial charge in [0.1, 0.15) is 18.1 Å². The van der Waals surface area contributed by atoms with E-state index in [4.69, 9.17) is 4.74 Å². The highest BCUT2D eigenvalue weighted by molar-refractivity contribution is 6.12. The van der Waals surface area contributed by atoms with E-state index in [2.05, 4.69) is 33.5 Å². The van der Waals surface area contributed by atoms with Gasteiger partial charge in [-0.2, -0.15) is 0 Å². The molecule has 2 aromatic heterocycles. The fourth-order valence-electron chi connectivity index (χ4n) is 3.57. The number of ether oxygens (including phenoxy) is 1. The number of amides is 1. The van der Waals surface area contributed by atoms with Gasteiger partial charge in [0.2, 0.25) is 0 Å². The van der Waals surface area contributed by atoms with Crippen molar-refractivity contribution in [1.82, 2.24) is 14.5 Å². The summed E-state index contributed by atoms with van der Waals surface area (Å²) in [6.45, 7) is 1.15. The Bertz CT molecular complexity index is 1320. The minimum absolute atomic E-state index is 0.207. The van der Waals surface area contributed by atoms with Gasteiger partial charge in [-0.05, 0) is 35.0 Å². The summed E-state index contributed by atoms with van der Waals surface area (Å²) in [5.41, 5.74) is 2.08. The molecule has 148 valence electrons. The number of nitrogens with one attached hydrogen (secondary N) is 2. The van der Waals surface area contributed by atoms with Gasteiger partial charge in [-0.15, -0.1) is 0 Å². The SMILES string of the molecule is O=C(Nc1ccccc1OCCn1ccnc1)c1cc2c(ccc3ccccc32)[nH]1. The average Bonchev–Trinajstić information content (AvgIpc) is 3.45. The number of benzene rings is 3. The van der Waals surface area contributed by atoms with Gasteiger partial charge in [0.25, 0.3) is 5.91 Å². The van der Waals surface area contributed by atoms with Gasteiger partial charge in [0.15, 0.2) is 0 Å². The number of fused-ring (bicyclic) bond motifs is 3. The first-order valence-corrected chi connectivity index (χ1v) is 9.77. The molecule has 6 heteroatoms. The molecule has 0 atom stereocenters. The van der Waals surface area contributed by atoms with Crippen molar-refractivity contribution in [3.05, 3.63) is 91.1 Å². The lowest BCUT2D eigenvalue weighted by Crippen LogP contribution is -2.14. The van der Waals surface area contributed by atoms with Crippen LogP contribution in [0.2, 0.25) is 0 Å². The number of anilines is 1. The lowest BCUT2D eigenvalue weighted by atomic mass is 10.1. The molecule has 30 heavy (non-hydrogen) atoms. The zero-order chi connectivity index (χ0) is 20.3. The van der Waals surface area contributed by atoms with E-state index >= 15 is 0 Å². The summed E-state index contributed by atoms with van der Waals surface area (Å²) in [5.74, 6) is 0.425. The maximum atomic E-state index is 12.9. The molecule has 0 spiro atoms. The van der Waals surface area contributed by atoms with Crippen molar-refractivity contribution in [3.63, 3.8) is 0 Å². The number of nitrogens with zero attached hydrogens (tertiary/aromatic N) is 2. The molecule has 0 radical (unpaired) electrons. The van der Waals surface area contributed by atoms with Crippen molar-refractivity contribution in [2.45, 2.75) is 6.54 Å². The maximum absolute atomic E-state index is 12.9. The summed E-state index contributed by atoms with van der Waals surface area (Å²) >= 11 is 0. The minimum Gasteiger partial charge on any atom is -0.490 e. The van der Waals surface area contributed by atoms with Gasteiger partial charge in [0, 0.05) is 23.3 Å². The van der Waals surface area contributed by atoms with E-state index in [1.165, 1.54) is 0 Å². The van der Waals surface area contributed by atoms with Gasteiger partial charge in [0.05, 0.1) is 18.6 Å². The number of hydrogen-bond acceptors (Lipinski definition) is 3. The standard InChI is InChI=1S/C24H20N4O2/c29-24(22-15-19-18-6-2-1-5-17(18)9-10-20(19)26-22)27-21-7-3-4-8-23(21)30-14-13-28-12-11-25-16-28/h1-12,15-16,26H,13-14H2,(H,27,29). The summed E-state index contributed by atoms with van der Waals surface area (Å²) in [4.78, 5) is 20.2. The van der Waals surface area contributed by atoms with Crippen LogP contribution in [0.4, 0.5) is 5.69 Å². The van der Waals surface area contributed by atoms with Crippen LogP contribution in [-0.2, 0) is 6.54 Å². The third kappa shape index (κ3) is 3.51. The molecule has 1 amide bonds. The molecule has 0 aliphatic carbocycles. The van der Waals surface area contributed by atoms with Crippen molar-refractivity contribution in [2.75, 3.05) is 11.9 Å². The van der Waals surface area contributed by atoms with Crippen LogP contribution in [0.3, 0.4) is 0 Å². The molecule has 2 heterocycles. The smallest absolute Gasteiger partial charge is 0.272 e. The monoisotopic (exact) mass is 396 g/mol. The van der Waals surface area contributed by atoms with Crippen molar-refractivity contribution in [1.29, 1.82) is 0 Å². The van der Waals surface area contributed by atoms with E-state index in [0.29, 0.717) is 30.3 Å². The summed E-state index contributed by atoms with van der Waals surface area (Å²) in [6.07, 6.45) is 5.37. The molecule has 0 saturated carbocycles. The molecule has 6 nitrogen and oxygen atoms in total. The van der Waals surface area contributed by atoms with E-state index in [1.807, 2.05) is 59.3 Å². The van der Waals surface area contributed by atoms with Crippen LogP contribution < -0.4 is 10.1 Å². The zero-order valence-electron chi connectivity index (χ0n) is 16.2. The highest BCUT2D eigenvalue weighted by atomic mass is 16.5. The van der Waals surface area contributed by atoms with E-state index < -0.39 is 0 Å². The fraction of sp³-hybridized carbons (Fsp3) is 0.0833.